The monoisotopic (exact) mass is 233 g/mol. The summed E-state index contributed by atoms with van der Waals surface area (Å²) in [5, 5.41) is 11.9. The van der Waals surface area contributed by atoms with Crippen molar-refractivity contribution >= 4 is 0 Å². The minimum absolute atomic E-state index is 0.835. The van der Waals surface area contributed by atoms with E-state index in [0.29, 0.717) is 0 Å². The Hall–Kier alpha value is -1.62. The largest absolute Gasteiger partial charge is 0.307 e. The lowest BCUT2D eigenvalue weighted by atomic mass is 10.2. The molecule has 0 aliphatic carbocycles. The van der Waals surface area contributed by atoms with Gasteiger partial charge in [-0.2, -0.15) is 10.2 Å². The minimum atomic E-state index is 0.835. The van der Waals surface area contributed by atoms with Crippen LogP contribution in [0.5, 0.6) is 0 Å². The van der Waals surface area contributed by atoms with E-state index in [0.717, 1.165) is 19.6 Å². The van der Waals surface area contributed by atoms with Crippen molar-refractivity contribution in [1.82, 2.24) is 24.9 Å². The number of nitrogens with one attached hydrogen (secondary N) is 1. The zero-order valence-corrected chi connectivity index (χ0v) is 10.6. The summed E-state index contributed by atoms with van der Waals surface area (Å²) >= 11 is 0. The molecule has 0 unspecified atom stereocenters. The van der Waals surface area contributed by atoms with Gasteiger partial charge in [-0.25, -0.2) is 0 Å². The van der Waals surface area contributed by atoms with Gasteiger partial charge in [-0.15, -0.1) is 0 Å². The molecule has 2 aromatic heterocycles. The van der Waals surface area contributed by atoms with Crippen LogP contribution < -0.4 is 5.32 Å². The van der Waals surface area contributed by atoms with E-state index >= 15 is 0 Å². The van der Waals surface area contributed by atoms with E-state index in [-0.39, 0.29) is 0 Å². The van der Waals surface area contributed by atoms with Gasteiger partial charge < -0.3 is 5.32 Å². The van der Waals surface area contributed by atoms with E-state index in [1.165, 1.54) is 17.0 Å². The summed E-state index contributed by atoms with van der Waals surface area (Å²) in [7, 11) is 1.96. The van der Waals surface area contributed by atoms with Gasteiger partial charge in [0.15, 0.2) is 0 Å². The molecule has 0 fully saturated rings. The van der Waals surface area contributed by atoms with Gasteiger partial charge in [-0.3, -0.25) is 9.36 Å². The van der Waals surface area contributed by atoms with Gasteiger partial charge in [0.1, 0.15) is 0 Å². The highest BCUT2D eigenvalue weighted by molar-refractivity contribution is 5.15. The van der Waals surface area contributed by atoms with Crippen LogP contribution >= 0.6 is 0 Å². The fraction of sp³-hybridized carbons (Fsp3) is 0.500. The van der Waals surface area contributed by atoms with Crippen molar-refractivity contribution in [2.45, 2.75) is 33.5 Å². The first kappa shape index (κ1) is 11.9. The van der Waals surface area contributed by atoms with Crippen molar-refractivity contribution in [3.63, 3.8) is 0 Å². The van der Waals surface area contributed by atoms with Crippen LogP contribution in [0.1, 0.15) is 23.9 Å². The van der Waals surface area contributed by atoms with Crippen molar-refractivity contribution in [2.24, 2.45) is 7.05 Å². The maximum absolute atomic E-state index is 4.24. The molecule has 0 bridgehead atoms. The molecule has 0 radical (unpaired) electrons. The molecule has 2 rings (SSSR count). The molecule has 2 aromatic rings. The number of aromatic nitrogens is 4. The van der Waals surface area contributed by atoms with Crippen molar-refractivity contribution in [1.29, 1.82) is 0 Å². The molecule has 0 aliphatic heterocycles. The quantitative estimate of drug-likeness (QED) is 0.845. The Balaban J connectivity index is 1.90. The summed E-state index contributed by atoms with van der Waals surface area (Å²) < 4.78 is 3.90. The predicted octanol–water partition coefficient (Wildman–Crippen LogP) is 1.23. The van der Waals surface area contributed by atoms with Crippen LogP contribution in [0.2, 0.25) is 0 Å². The molecule has 5 heteroatoms. The third-order valence-electron chi connectivity index (χ3n) is 3.06. The second-order valence-corrected chi connectivity index (χ2v) is 4.12. The van der Waals surface area contributed by atoms with Crippen molar-refractivity contribution in [3.8, 4) is 0 Å². The molecule has 17 heavy (non-hydrogen) atoms. The maximum Gasteiger partial charge on any atom is 0.0537 e. The summed E-state index contributed by atoms with van der Waals surface area (Å²) in [6, 6.07) is 2.05. The standard InChI is InChI=1S/C12H19N5/c1-4-17-12(5-6-14-17)9-13-7-11-8-15-16(3)10(11)2/h5-6,8,13H,4,7,9H2,1-3H3. The lowest BCUT2D eigenvalue weighted by Crippen LogP contribution is -2.16. The fourth-order valence-electron chi connectivity index (χ4n) is 1.84. The van der Waals surface area contributed by atoms with E-state index < -0.39 is 0 Å². The lowest BCUT2D eigenvalue weighted by molar-refractivity contribution is 0.580. The van der Waals surface area contributed by atoms with Crippen molar-refractivity contribution < 1.29 is 0 Å². The lowest BCUT2D eigenvalue weighted by Gasteiger charge is -2.06. The maximum atomic E-state index is 4.24. The van der Waals surface area contributed by atoms with E-state index in [1.807, 2.05) is 34.9 Å². The van der Waals surface area contributed by atoms with E-state index in [4.69, 9.17) is 0 Å². The first-order valence-corrected chi connectivity index (χ1v) is 5.91. The zero-order valence-electron chi connectivity index (χ0n) is 10.6. The highest BCUT2D eigenvalue weighted by Gasteiger charge is 2.04. The molecule has 5 nitrogen and oxygen atoms in total. The summed E-state index contributed by atoms with van der Waals surface area (Å²) in [4.78, 5) is 0. The number of hydrogen-bond donors (Lipinski definition) is 1. The molecule has 92 valence electrons. The zero-order chi connectivity index (χ0) is 12.3. The molecule has 1 N–H and O–H groups in total. The summed E-state index contributed by atoms with van der Waals surface area (Å²) in [6.07, 6.45) is 3.76. The van der Waals surface area contributed by atoms with Crippen LogP contribution in [0.15, 0.2) is 18.5 Å². The van der Waals surface area contributed by atoms with Gasteiger partial charge in [0.2, 0.25) is 0 Å². The third-order valence-corrected chi connectivity index (χ3v) is 3.06. The molecular weight excluding hydrogens is 214 g/mol. The average Bonchev–Trinajstić information content (AvgIpc) is 2.90. The molecule has 0 saturated heterocycles. The Labute approximate surface area is 101 Å². The topological polar surface area (TPSA) is 47.7 Å². The third kappa shape index (κ3) is 2.55. The smallest absolute Gasteiger partial charge is 0.0537 e. The normalized spacial score (nSPS) is 11.0. The Morgan fingerprint density at radius 1 is 1.29 bits per heavy atom. The summed E-state index contributed by atoms with van der Waals surface area (Å²) in [6.45, 7) is 6.77. The highest BCUT2D eigenvalue weighted by atomic mass is 15.3. The van der Waals surface area contributed by atoms with Crippen LogP contribution in [0.3, 0.4) is 0 Å². The number of nitrogens with zero attached hydrogens (tertiary/aromatic N) is 4. The summed E-state index contributed by atoms with van der Waals surface area (Å²) in [5.41, 5.74) is 3.67. The Kier molecular flexibility index (Phi) is 3.58. The molecular formula is C12H19N5. The van der Waals surface area contributed by atoms with Crippen LogP contribution in [-0.4, -0.2) is 19.6 Å². The van der Waals surface area contributed by atoms with E-state index in [1.54, 1.807) is 0 Å². The highest BCUT2D eigenvalue weighted by Crippen LogP contribution is 2.05. The Bertz CT molecular complexity index is 483. The molecule has 0 spiro atoms. The van der Waals surface area contributed by atoms with Crippen LogP contribution in [0, 0.1) is 6.92 Å². The van der Waals surface area contributed by atoms with Gasteiger partial charge >= 0.3 is 0 Å². The van der Waals surface area contributed by atoms with Gasteiger partial charge in [-0.05, 0) is 19.9 Å². The van der Waals surface area contributed by atoms with Gasteiger partial charge in [-0.1, -0.05) is 0 Å². The minimum Gasteiger partial charge on any atom is -0.307 e. The van der Waals surface area contributed by atoms with Gasteiger partial charge in [0, 0.05) is 44.1 Å². The molecule has 0 saturated carbocycles. The van der Waals surface area contributed by atoms with Crippen molar-refractivity contribution in [3.05, 3.63) is 35.4 Å². The molecule has 0 aromatic carbocycles. The van der Waals surface area contributed by atoms with E-state index in [9.17, 15) is 0 Å². The molecule has 0 aliphatic rings. The fourth-order valence-corrected chi connectivity index (χ4v) is 1.84. The number of rotatable bonds is 5. The second kappa shape index (κ2) is 5.14. The Morgan fingerprint density at radius 2 is 2.12 bits per heavy atom. The summed E-state index contributed by atoms with van der Waals surface area (Å²) in [5.74, 6) is 0. The Morgan fingerprint density at radius 3 is 2.76 bits per heavy atom. The predicted molar refractivity (Wildman–Crippen MR) is 66.4 cm³/mol. The van der Waals surface area contributed by atoms with Crippen LogP contribution in [-0.2, 0) is 26.7 Å². The molecule has 2 heterocycles. The molecule has 0 atom stereocenters. The second-order valence-electron chi connectivity index (χ2n) is 4.12. The number of hydrogen-bond acceptors (Lipinski definition) is 3. The van der Waals surface area contributed by atoms with E-state index in [2.05, 4.69) is 29.4 Å². The van der Waals surface area contributed by atoms with Gasteiger partial charge in [0.25, 0.3) is 0 Å². The van der Waals surface area contributed by atoms with Crippen LogP contribution in [0.4, 0.5) is 0 Å². The molecule has 0 amide bonds. The van der Waals surface area contributed by atoms with Crippen molar-refractivity contribution in [2.75, 3.05) is 0 Å². The first-order chi connectivity index (χ1) is 8.22. The van der Waals surface area contributed by atoms with Crippen LogP contribution in [0.25, 0.3) is 0 Å². The SMILES string of the molecule is CCn1nccc1CNCc1cnn(C)c1C. The van der Waals surface area contributed by atoms with Gasteiger partial charge in [0.05, 0.1) is 11.9 Å². The first-order valence-electron chi connectivity index (χ1n) is 5.91. The number of aryl methyl sites for hydroxylation is 2. The average molecular weight is 233 g/mol.